The summed E-state index contributed by atoms with van der Waals surface area (Å²) in [6, 6.07) is 0. The number of hydrogen-bond acceptors (Lipinski definition) is 2. The third kappa shape index (κ3) is 3.28. The Balaban J connectivity index is 2.04. The first-order chi connectivity index (χ1) is 6.18. The zero-order valence-corrected chi connectivity index (χ0v) is 9.23. The normalized spacial score (nSPS) is 20.3. The summed E-state index contributed by atoms with van der Waals surface area (Å²) in [6.07, 6.45) is 5.72. The van der Waals surface area contributed by atoms with Crippen molar-refractivity contribution in [3.05, 3.63) is 0 Å². The molecule has 1 fully saturated rings. The van der Waals surface area contributed by atoms with E-state index in [1.54, 1.807) is 0 Å². The van der Waals surface area contributed by atoms with Crippen molar-refractivity contribution in [1.82, 2.24) is 5.32 Å². The van der Waals surface area contributed by atoms with Crippen molar-refractivity contribution in [1.29, 1.82) is 0 Å². The van der Waals surface area contributed by atoms with Crippen LogP contribution in [0.15, 0.2) is 0 Å². The molecule has 0 amide bonds. The van der Waals surface area contributed by atoms with Crippen molar-refractivity contribution in [2.75, 3.05) is 13.2 Å². The van der Waals surface area contributed by atoms with Crippen LogP contribution in [0.25, 0.3) is 0 Å². The van der Waals surface area contributed by atoms with Gasteiger partial charge in [0, 0.05) is 12.1 Å². The lowest BCUT2D eigenvalue weighted by atomic mass is 9.75. The van der Waals surface area contributed by atoms with Gasteiger partial charge in [-0.05, 0) is 39.5 Å². The molecule has 0 bridgehead atoms. The predicted octanol–water partition coefficient (Wildman–Crippen LogP) is 2.33. The highest BCUT2D eigenvalue weighted by Gasteiger charge is 2.33. The smallest absolute Gasteiger partial charge is 0.0594 e. The summed E-state index contributed by atoms with van der Waals surface area (Å²) in [5.41, 5.74) is 0.473. The lowest BCUT2D eigenvalue weighted by Gasteiger charge is -2.42. The Kier molecular flexibility index (Phi) is 4.20. The van der Waals surface area contributed by atoms with Gasteiger partial charge in [-0.3, -0.25) is 0 Å². The van der Waals surface area contributed by atoms with Crippen molar-refractivity contribution in [3.63, 3.8) is 0 Å². The number of rotatable bonds is 6. The van der Waals surface area contributed by atoms with Gasteiger partial charge in [0.05, 0.1) is 12.7 Å². The third-order valence-corrected chi connectivity index (χ3v) is 3.04. The molecular weight excluding hydrogens is 162 g/mol. The molecule has 0 aliphatic heterocycles. The summed E-state index contributed by atoms with van der Waals surface area (Å²) in [5.74, 6) is 0. The molecule has 0 aromatic carbocycles. The van der Waals surface area contributed by atoms with Crippen molar-refractivity contribution >= 4 is 0 Å². The van der Waals surface area contributed by atoms with E-state index in [0.717, 1.165) is 13.2 Å². The Labute approximate surface area is 82.0 Å². The summed E-state index contributed by atoms with van der Waals surface area (Å²) in [4.78, 5) is 0. The van der Waals surface area contributed by atoms with E-state index in [1.165, 1.54) is 25.7 Å². The fourth-order valence-electron chi connectivity index (χ4n) is 1.87. The monoisotopic (exact) mass is 185 g/mol. The second kappa shape index (κ2) is 4.97. The summed E-state index contributed by atoms with van der Waals surface area (Å²) in [7, 11) is 0. The Morgan fingerprint density at radius 3 is 2.46 bits per heavy atom. The number of ether oxygens (including phenoxy) is 1. The van der Waals surface area contributed by atoms with Gasteiger partial charge in [0.15, 0.2) is 0 Å². The van der Waals surface area contributed by atoms with Crippen LogP contribution < -0.4 is 5.32 Å². The lowest BCUT2D eigenvalue weighted by molar-refractivity contribution is 0.0679. The molecule has 0 unspecified atom stereocenters. The molecule has 0 spiro atoms. The van der Waals surface area contributed by atoms with Gasteiger partial charge in [-0.25, -0.2) is 0 Å². The molecule has 1 aliphatic rings. The van der Waals surface area contributed by atoms with Crippen LogP contribution in [0.5, 0.6) is 0 Å². The van der Waals surface area contributed by atoms with Crippen molar-refractivity contribution in [2.45, 2.75) is 58.1 Å². The molecule has 0 aromatic rings. The maximum Gasteiger partial charge on any atom is 0.0594 e. The Morgan fingerprint density at radius 1 is 1.38 bits per heavy atom. The second-order valence-electron chi connectivity index (χ2n) is 4.33. The molecule has 1 aliphatic carbocycles. The molecule has 0 aromatic heterocycles. The van der Waals surface area contributed by atoms with Crippen LogP contribution in [0.3, 0.4) is 0 Å². The Hall–Kier alpha value is -0.0800. The average molecular weight is 185 g/mol. The highest BCUT2D eigenvalue weighted by Crippen LogP contribution is 2.34. The van der Waals surface area contributed by atoms with Gasteiger partial charge < -0.3 is 10.1 Å². The minimum atomic E-state index is 0.362. The predicted molar refractivity (Wildman–Crippen MR) is 56.0 cm³/mol. The molecule has 0 heterocycles. The van der Waals surface area contributed by atoms with E-state index >= 15 is 0 Å². The molecule has 2 nitrogen and oxygen atoms in total. The van der Waals surface area contributed by atoms with E-state index in [-0.39, 0.29) is 0 Å². The van der Waals surface area contributed by atoms with Crippen LogP contribution in [0.4, 0.5) is 0 Å². The zero-order valence-electron chi connectivity index (χ0n) is 9.23. The maximum absolute atomic E-state index is 5.49. The molecule has 78 valence electrons. The third-order valence-electron chi connectivity index (χ3n) is 3.04. The number of nitrogens with one attached hydrogen (secondary N) is 1. The van der Waals surface area contributed by atoms with Gasteiger partial charge in [0.2, 0.25) is 0 Å². The molecule has 0 saturated heterocycles. The molecule has 0 atom stereocenters. The fourth-order valence-corrected chi connectivity index (χ4v) is 1.87. The van der Waals surface area contributed by atoms with Crippen molar-refractivity contribution in [3.8, 4) is 0 Å². The van der Waals surface area contributed by atoms with E-state index in [1.807, 2.05) is 0 Å². The second-order valence-corrected chi connectivity index (χ2v) is 4.33. The molecule has 1 rings (SSSR count). The Bertz CT molecular complexity index is 136. The highest BCUT2D eigenvalue weighted by molar-refractivity contribution is 4.94. The minimum absolute atomic E-state index is 0.362. The largest absolute Gasteiger partial charge is 0.377 e. The van der Waals surface area contributed by atoms with Crippen LogP contribution in [0.2, 0.25) is 0 Å². The van der Waals surface area contributed by atoms with Gasteiger partial charge >= 0.3 is 0 Å². The van der Waals surface area contributed by atoms with Gasteiger partial charge in [0.1, 0.15) is 0 Å². The van der Waals surface area contributed by atoms with E-state index in [9.17, 15) is 0 Å². The van der Waals surface area contributed by atoms with Crippen LogP contribution >= 0.6 is 0 Å². The van der Waals surface area contributed by atoms with Crippen LogP contribution in [-0.4, -0.2) is 24.8 Å². The standard InChI is InChI=1S/C11H23NO/c1-4-11(6-5-7-11)12-8-9-13-10(2)3/h10,12H,4-9H2,1-3H3. The molecule has 13 heavy (non-hydrogen) atoms. The van der Waals surface area contributed by atoms with Crippen LogP contribution in [-0.2, 0) is 4.74 Å². The molecule has 1 saturated carbocycles. The summed E-state index contributed by atoms with van der Waals surface area (Å²) in [5, 5.41) is 3.61. The van der Waals surface area contributed by atoms with E-state index in [2.05, 4.69) is 26.1 Å². The zero-order chi connectivity index (χ0) is 9.73. The van der Waals surface area contributed by atoms with Gasteiger partial charge in [0.25, 0.3) is 0 Å². The summed E-state index contributed by atoms with van der Waals surface area (Å²) in [6.45, 7) is 8.29. The summed E-state index contributed by atoms with van der Waals surface area (Å²) < 4.78 is 5.49. The van der Waals surface area contributed by atoms with Crippen LogP contribution in [0, 0.1) is 0 Å². The van der Waals surface area contributed by atoms with E-state index in [4.69, 9.17) is 4.74 Å². The molecule has 2 heteroatoms. The lowest BCUT2D eigenvalue weighted by Crippen LogP contribution is -2.51. The Morgan fingerprint density at radius 2 is 2.08 bits per heavy atom. The van der Waals surface area contributed by atoms with Crippen molar-refractivity contribution in [2.24, 2.45) is 0 Å². The van der Waals surface area contributed by atoms with Crippen LogP contribution in [0.1, 0.15) is 46.5 Å². The fraction of sp³-hybridized carbons (Fsp3) is 1.00. The van der Waals surface area contributed by atoms with Crippen molar-refractivity contribution < 1.29 is 4.74 Å². The number of hydrogen-bond donors (Lipinski definition) is 1. The topological polar surface area (TPSA) is 21.3 Å². The molecule has 1 N–H and O–H groups in total. The SMILES string of the molecule is CCC1(NCCOC(C)C)CCC1. The van der Waals surface area contributed by atoms with Gasteiger partial charge in [-0.15, -0.1) is 0 Å². The highest BCUT2D eigenvalue weighted by atomic mass is 16.5. The summed E-state index contributed by atoms with van der Waals surface area (Å²) >= 11 is 0. The maximum atomic E-state index is 5.49. The first-order valence-electron chi connectivity index (χ1n) is 5.55. The van der Waals surface area contributed by atoms with E-state index < -0.39 is 0 Å². The van der Waals surface area contributed by atoms with E-state index in [0.29, 0.717) is 11.6 Å². The molecule has 0 radical (unpaired) electrons. The quantitative estimate of drug-likeness (QED) is 0.641. The van der Waals surface area contributed by atoms with Gasteiger partial charge in [-0.2, -0.15) is 0 Å². The first-order valence-corrected chi connectivity index (χ1v) is 5.55. The van der Waals surface area contributed by atoms with Gasteiger partial charge in [-0.1, -0.05) is 6.92 Å². The molecular formula is C11H23NO. The minimum Gasteiger partial charge on any atom is -0.377 e. The first kappa shape index (κ1) is 11.0. The average Bonchev–Trinajstić information content (AvgIpc) is 2.01.